The molecule has 0 spiro atoms. The number of carbonyl (C=O) groups is 2. The SMILES string of the molecule is COCC(C)(NC(=O)C(C)SCc1ccccc1)C(=O)O. The number of nitrogens with one attached hydrogen (secondary N) is 1. The zero-order valence-corrected chi connectivity index (χ0v) is 13.3. The molecule has 0 aliphatic rings. The molecule has 0 bridgehead atoms. The molecule has 0 saturated carbocycles. The Labute approximate surface area is 129 Å². The highest BCUT2D eigenvalue weighted by Gasteiger charge is 2.36. The number of aliphatic carboxylic acids is 1. The van der Waals surface area contributed by atoms with Crippen molar-refractivity contribution in [2.24, 2.45) is 0 Å². The number of ether oxygens (including phenoxy) is 1. The van der Waals surface area contributed by atoms with Gasteiger partial charge in [0.25, 0.3) is 0 Å². The highest BCUT2D eigenvalue weighted by molar-refractivity contribution is 7.99. The van der Waals surface area contributed by atoms with Gasteiger partial charge in [-0.05, 0) is 19.4 Å². The summed E-state index contributed by atoms with van der Waals surface area (Å²) in [5, 5.41) is 11.4. The zero-order chi connectivity index (χ0) is 15.9. The Kier molecular flexibility index (Phi) is 6.71. The molecule has 0 fully saturated rings. The average molecular weight is 311 g/mol. The first-order valence-electron chi connectivity index (χ1n) is 6.59. The number of hydrogen-bond donors (Lipinski definition) is 2. The molecule has 1 aromatic rings. The number of methoxy groups -OCH3 is 1. The van der Waals surface area contributed by atoms with E-state index >= 15 is 0 Å². The third-order valence-corrected chi connectivity index (χ3v) is 4.23. The molecule has 0 radical (unpaired) electrons. The number of rotatable bonds is 8. The van der Waals surface area contributed by atoms with E-state index in [0.717, 1.165) is 5.56 Å². The topological polar surface area (TPSA) is 75.6 Å². The highest BCUT2D eigenvalue weighted by atomic mass is 32.2. The molecule has 116 valence electrons. The van der Waals surface area contributed by atoms with Crippen LogP contribution in [-0.2, 0) is 20.1 Å². The minimum atomic E-state index is -1.41. The molecule has 0 aliphatic heterocycles. The first-order valence-corrected chi connectivity index (χ1v) is 7.64. The van der Waals surface area contributed by atoms with Crippen molar-refractivity contribution in [2.45, 2.75) is 30.4 Å². The Morgan fingerprint density at radius 2 is 2.00 bits per heavy atom. The molecule has 1 aromatic carbocycles. The molecule has 1 rings (SSSR count). The number of carboxylic acids is 1. The minimum Gasteiger partial charge on any atom is -0.479 e. The van der Waals surface area contributed by atoms with Crippen LogP contribution in [0.15, 0.2) is 30.3 Å². The normalized spacial score (nSPS) is 15.0. The van der Waals surface area contributed by atoms with E-state index in [9.17, 15) is 14.7 Å². The predicted octanol–water partition coefficient (Wildman–Crippen LogP) is 1.91. The maximum absolute atomic E-state index is 12.1. The van der Waals surface area contributed by atoms with Crippen LogP contribution in [0, 0.1) is 0 Å². The molecule has 5 nitrogen and oxygen atoms in total. The lowest BCUT2D eigenvalue weighted by molar-refractivity contribution is -0.149. The Bertz CT molecular complexity index is 480. The van der Waals surface area contributed by atoms with Gasteiger partial charge in [0.15, 0.2) is 5.54 Å². The minimum absolute atomic E-state index is 0.0792. The van der Waals surface area contributed by atoms with Crippen LogP contribution in [0.1, 0.15) is 19.4 Å². The molecule has 21 heavy (non-hydrogen) atoms. The van der Waals surface area contributed by atoms with Crippen molar-refractivity contribution >= 4 is 23.6 Å². The first kappa shape index (κ1) is 17.5. The van der Waals surface area contributed by atoms with Gasteiger partial charge in [-0.1, -0.05) is 30.3 Å². The van der Waals surface area contributed by atoms with Gasteiger partial charge in [0.1, 0.15) is 0 Å². The van der Waals surface area contributed by atoms with Crippen molar-refractivity contribution in [3.05, 3.63) is 35.9 Å². The number of thioether (sulfide) groups is 1. The van der Waals surface area contributed by atoms with E-state index in [-0.39, 0.29) is 17.8 Å². The predicted molar refractivity (Wildman–Crippen MR) is 83.3 cm³/mol. The number of carboxylic acid groups (broad SMARTS) is 1. The van der Waals surface area contributed by atoms with Gasteiger partial charge in [-0.15, -0.1) is 11.8 Å². The Morgan fingerprint density at radius 1 is 1.38 bits per heavy atom. The van der Waals surface area contributed by atoms with Crippen LogP contribution >= 0.6 is 11.8 Å². The lowest BCUT2D eigenvalue weighted by atomic mass is 10.0. The summed E-state index contributed by atoms with van der Waals surface area (Å²) in [4.78, 5) is 23.4. The molecule has 6 heteroatoms. The third-order valence-electron chi connectivity index (χ3n) is 3.02. The Morgan fingerprint density at radius 3 is 2.52 bits per heavy atom. The summed E-state index contributed by atoms with van der Waals surface area (Å²) in [5.41, 5.74) is -0.284. The zero-order valence-electron chi connectivity index (χ0n) is 12.5. The molecule has 0 heterocycles. The van der Waals surface area contributed by atoms with Crippen molar-refractivity contribution in [1.29, 1.82) is 0 Å². The lowest BCUT2D eigenvalue weighted by Crippen LogP contribution is -2.56. The Hall–Kier alpha value is -1.53. The summed E-state index contributed by atoms with van der Waals surface area (Å²) in [5.74, 6) is -0.723. The van der Waals surface area contributed by atoms with Crippen molar-refractivity contribution in [2.75, 3.05) is 13.7 Å². The van der Waals surface area contributed by atoms with Crippen molar-refractivity contribution in [3.8, 4) is 0 Å². The van der Waals surface area contributed by atoms with Gasteiger partial charge in [0, 0.05) is 12.9 Å². The fourth-order valence-corrected chi connectivity index (χ4v) is 2.53. The summed E-state index contributed by atoms with van der Waals surface area (Å²) in [6.45, 7) is 3.12. The molecular formula is C15H21NO4S. The van der Waals surface area contributed by atoms with Crippen molar-refractivity contribution in [1.82, 2.24) is 5.32 Å². The second kappa shape index (κ2) is 8.05. The summed E-state index contributed by atoms with van der Waals surface area (Å²) >= 11 is 1.46. The molecule has 2 atom stereocenters. The molecule has 0 saturated heterocycles. The monoisotopic (exact) mass is 311 g/mol. The summed E-state index contributed by atoms with van der Waals surface area (Å²) < 4.78 is 4.88. The van der Waals surface area contributed by atoms with Gasteiger partial charge in [-0.25, -0.2) is 4.79 Å². The van der Waals surface area contributed by atoms with Crippen molar-refractivity contribution in [3.63, 3.8) is 0 Å². The number of carbonyl (C=O) groups excluding carboxylic acids is 1. The van der Waals surface area contributed by atoms with Crippen LogP contribution in [-0.4, -0.2) is 41.5 Å². The van der Waals surface area contributed by atoms with Crippen LogP contribution in [0.4, 0.5) is 0 Å². The number of amides is 1. The van der Waals surface area contributed by atoms with Crippen LogP contribution in [0.3, 0.4) is 0 Å². The maximum Gasteiger partial charge on any atom is 0.331 e. The lowest BCUT2D eigenvalue weighted by Gasteiger charge is -2.26. The molecule has 0 aliphatic carbocycles. The summed E-state index contributed by atoms with van der Waals surface area (Å²) in [6.07, 6.45) is 0. The molecular weight excluding hydrogens is 290 g/mol. The fraction of sp³-hybridized carbons (Fsp3) is 0.467. The van der Waals surface area contributed by atoms with Crippen LogP contribution in [0.25, 0.3) is 0 Å². The molecule has 2 unspecified atom stereocenters. The highest BCUT2D eigenvalue weighted by Crippen LogP contribution is 2.18. The fourth-order valence-electron chi connectivity index (χ4n) is 1.68. The van der Waals surface area contributed by atoms with E-state index in [0.29, 0.717) is 5.75 Å². The smallest absolute Gasteiger partial charge is 0.331 e. The van der Waals surface area contributed by atoms with Gasteiger partial charge >= 0.3 is 5.97 Å². The van der Waals surface area contributed by atoms with E-state index in [2.05, 4.69) is 5.32 Å². The summed E-state index contributed by atoms with van der Waals surface area (Å²) in [6, 6.07) is 9.81. The third kappa shape index (κ3) is 5.40. The van der Waals surface area contributed by atoms with Crippen molar-refractivity contribution < 1.29 is 19.4 Å². The van der Waals surface area contributed by atoms with Gasteiger partial charge in [-0.3, -0.25) is 4.79 Å². The van der Waals surface area contributed by atoms with Gasteiger partial charge < -0.3 is 15.2 Å². The standard InChI is InChI=1S/C15H21NO4S/c1-11(21-9-12-7-5-4-6-8-12)13(17)16-15(2,10-20-3)14(18)19/h4-8,11H,9-10H2,1-3H3,(H,16,17)(H,18,19). The van der Waals surface area contributed by atoms with Gasteiger partial charge in [0.2, 0.25) is 5.91 Å². The first-order chi connectivity index (χ1) is 9.89. The van der Waals surface area contributed by atoms with E-state index in [1.165, 1.54) is 25.8 Å². The van der Waals surface area contributed by atoms with E-state index in [4.69, 9.17) is 4.74 Å². The molecule has 2 N–H and O–H groups in total. The second-order valence-corrected chi connectivity index (χ2v) is 6.33. The van der Waals surface area contributed by atoms with Crippen LogP contribution < -0.4 is 5.32 Å². The molecule has 0 aromatic heterocycles. The average Bonchev–Trinajstić information content (AvgIpc) is 2.45. The quantitative estimate of drug-likeness (QED) is 0.767. The van der Waals surface area contributed by atoms with Crippen LogP contribution in [0.2, 0.25) is 0 Å². The van der Waals surface area contributed by atoms with Crippen LogP contribution in [0.5, 0.6) is 0 Å². The maximum atomic E-state index is 12.1. The largest absolute Gasteiger partial charge is 0.479 e. The summed E-state index contributed by atoms with van der Waals surface area (Å²) in [7, 11) is 1.40. The Balaban J connectivity index is 2.55. The van der Waals surface area contributed by atoms with E-state index in [1.807, 2.05) is 30.3 Å². The number of hydrogen-bond acceptors (Lipinski definition) is 4. The van der Waals surface area contributed by atoms with E-state index in [1.54, 1.807) is 6.92 Å². The second-order valence-electron chi connectivity index (χ2n) is 5.00. The molecule has 1 amide bonds. The van der Waals surface area contributed by atoms with E-state index < -0.39 is 11.5 Å². The number of benzene rings is 1. The van der Waals surface area contributed by atoms with Gasteiger partial charge in [0.05, 0.1) is 11.9 Å². The van der Waals surface area contributed by atoms with Gasteiger partial charge in [-0.2, -0.15) is 0 Å².